The number of fused-ring (bicyclic) bond motifs is 1. The number of aryl methyl sites for hydroxylation is 2. The maximum atomic E-state index is 13.9. The highest BCUT2D eigenvalue weighted by molar-refractivity contribution is 5.98. The van der Waals surface area contributed by atoms with Gasteiger partial charge in [0.2, 0.25) is 17.7 Å². The van der Waals surface area contributed by atoms with Crippen LogP contribution in [-0.4, -0.2) is 72.5 Å². The fraction of sp³-hybridized carbons (Fsp3) is 0.462. The number of nitrogens with zero attached hydrogens (tertiary/aromatic N) is 1. The predicted molar refractivity (Wildman–Crippen MR) is 191 cm³/mol. The number of carbonyl (C=O) groups is 4. The van der Waals surface area contributed by atoms with Crippen molar-refractivity contribution in [2.45, 2.75) is 83.0 Å². The summed E-state index contributed by atoms with van der Waals surface area (Å²) in [6, 6.07) is 21.1. The van der Waals surface area contributed by atoms with Crippen molar-refractivity contribution in [2.24, 2.45) is 5.41 Å². The van der Waals surface area contributed by atoms with E-state index in [1.165, 1.54) is 23.4 Å². The molecule has 1 aliphatic carbocycles. The van der Waals surface area contributed by atoms with E-state index in [4.69, 9.17) is 4.74 Å². The maximum absolute atomic E-state index is 13.9. The van der Waals surface area contributed by atoms with Gasteiger partial charge >= 0.3 is 0 Å². The van der Waals surface area contributed by atoms with Gasteiger partial charge in [0.15, 0.2) is 0 Å². The van der Waals surface area contributed by atoms with Crippen LogP contribution in [0.2, 0.25) is 0 Å². The molecule has 0 saturated carbocycles. The Morgan fingerprint density at radius 1 is 0.880 bits per heavy atom. The molecule has 1 saturated heterocycles. The molecular weight excluding hydrogens is 632 g/mol. The Labute approximate surface area is 294 Å². The lowest BCUT2D eigenvalue weighted by atomic mass is 9.85. The minimum Gasteiger partial charge on any atom is -0.377 e. The number of aromatic nitrogens is 1. The van der Waals surface area contributed by atoms with E-state index >= 15 is 0 Å². The van der Waals surface area contributed by atoms with Crippen molar-refractivity contribution in [1.29, 1.82) is 0 Å². The Balaban J connectivity index is 1.29. The van der Waals surface area contributed by atoms with Crippen molar-refractivity contribution in [3.05, 3.63) is 101 Å². The average Bonchev–Trinajstić information content (AvgIpc) is 3.10. The first-order chi connectivity index (χ1) is 24.0. The van der Waals surface area contributed by atoms with E-state index in [0.29, 0.717) is 39.1 Å². The molecule has 3 atom stereocenters. The van der Waals surface area contributed by atoms with Crippen LogP contribution in [-0.2, 0) is 32.0 Å². The van der Waals surface area contributed by atoms with Gasteiger partial charge in [-0.25, -0.2) is 0 Å². The molecule has 2 unspecified atom stereocenters. The molecule has 2 aromatic carbocycles. The molecule has 4 amide bonds. The summed E-state index contributed by atoms with van der Waals surface area (Å²) in [6.45, 7) is 7.58. The van der Waals surface area contributed by atoms with Gasteiger partial charge in [0.05, 0.1) is 25.2 Å². The number of rotatable bonds is 15. The van der Waals surface area contributed by atoms with Crippen molar-refractivity contribution in [1.82, 2.24) is 31.6 Å². The fourth-order valence-electron chi connectivity index (χ4n) is 6.29. The van der Waals surface area contributed by atoms with Gasteiger partial charge in [-0.3, -0.25) is 29.5 Å². The van der Waals surface area contributed by atoms with Crippen LogP contribution in [0.15, 0.2) is 79.0 Å². The van der Waals surface area contributed by atoms with Crippen LogP contribution in [0.5, 0.6) is 0 Å². The highest BCUT2D eigenvalue weighted by atomic mass is 16.5. The lowest BCUT2D eigenvalue weighted by Crippen LogP contribution is -2.67. The predicted octanol–water partition coefficient (Wildman–Crippen LogP) is 3.40. The quantitative estimate of drug-likeness (QED) is 0.165. The summed E-state index contributed by atoms with van der Waals surface area (Å²) in [6.07, 6.45) is 5.15. The van der Waals surface area contributed by atoms with Gasteiger partial charge in [-0.15, -0.1) is 0 Å². The average molecular weight is 683 g/mol. The molecule has 0 spiro atoms. The van der Waals surface area contributed by atoms with Gasteiger partial charge in [-0.1, -0.05) is 81.4 Å². The smallest absolute Gasteiger partial charge is 0.270 e. The zero-order valence-corrected chi connectivity index (χ0v) is 29.3. The van der Waals surface area contributed by atoms with Gasteiger partial charge in [-0.05, 0) is 66.3 Å². The second-order valence-electron chi connectivity index (χ2n) is 14.6. The molecule has 2 heterocycles. The number of carbonyl (C=O) groups excluding carboxylic acids is 4. The van der Waals surface area contributed by atoms with E-state index in [-0.39, 0.29) is 29.5 Å². The first-order valence-corrected chi connectivity index (χ1v) is 17.5. The largest absolute Gasteiger partial charge is 0.377 e. The third-order valence-corrected chi connectivity index (χ3v) is 9.13. The van der Waals surface area contributed by atoms with Crippen molar-refractivity contribution < 1.29 is 23.9 Å². The van der Waals surface area contributed by atoms with Crippen molar-refractivity contribution in [3.8, 4) is 0 Å². The highest BCUT2D eigenvalue weighted by Crippen LogP contribution is 2.32. The second kappa shape index (κ2) is 16.9. The molecule has 1 aliphatic heterocycles. The molecule has 11 nitrogen and oxygen atoms in total. The topological polar surface area (TPSA) is 151 Å². The van der Waals surface area contributed by atoms with Gasteiger partial charge < -0.3 is 26.0 Å². The van der Waals surface area contributed by atoms with Crippen LogP contribution in [0.25, 0.3) is 0 Å². The molecule has 266 valence electrons. The zero-order chi connectivity index (χ0) is 35.6. The van der Waals surface area contributed by atoms with Crippen molar-refractivity contribution in [3.63, 3.8) is 0 Å². The number of benzene rings is 2. The Kier molecular flexibility index (Phi) is 12.4. The van der Waals surface area contributed by atoms with Crippen LogP contribution in [0.4, 0.5) is 0 Å². The lowest BCUT2D eigenvalue weighted by Gasteiger charge is -2.46. The van der Waals surface area contributed by atoms with Crippen molar-refractivity contribution >= 4 is 23.6 Å². The summed E-state index contributed by atoms with van der Waals surface area (Å²) in [4.78, 5) is 58.0. The lowest BCUT2D eigenvalue weighted by molar-refractivity contribution is -0.132. The molecular formula is C39H50N6O5. The van der Waals surface area contributed by atoms with Crippen LogP contribution in [0.1, 0.15) is 79.7 Å². The number of hydrogen-bond donors (Lipinski definition) is 5. The molecule has 3 aromatic rings. The first kappa shape index (κ1) is 36.7. The summed E-state index contributed by atoms with van der Waals surface area (Å²) in [7, 11) is 0. The number of hydrogen-bond acceptors (Lipinski definition) is 7. The molecule has 1 aromatic heterocycles. The SMILES string of the molecule is CC(C)(C)CNC(=O)CC(NC(=O)c1ccccn1)C(=O)NC(CCc1ccccc1)C(=O)NCC1(N[C@@H]2CCCc3ccccc32)COC1. The second-order valence-corrected chi connectivity index (χ2v) is 14.6. The van der Waals surface area contributed by atoms with Crippen LogP contribution in [0.3, 0.4) is 0 Å². The van der Waals surface area contributed by atoms with Gasteiger partial charge in [0.1, 0.15) is 17.8 Å². The molecule has 5 rings (SSSR count). The molecule has 50 heavy (non-hydrogen) atoms. The first-order valence-electron chi connectivity index (χ1n) is 17.5. The van der Waals surface area contributed by atoms with Gasteiger partial charge in [0.25, 0.3) is 5.91 Å². The molecule has 5 N–H and O–H groups in total. The van der Waals surface area contributed by atoms with E-state index in [1.807, 2.05) is 51.1 Å². The summed E-state index contributed by atoms with van der Waals surface area (Å²) >= 11 is 0. The number of pyridine rings is 1. The molecule has 1 fully saturated rings. The van der Waals surface area contributed by atoms with E-state index in [1.54, 1.807) is 12.1 Å². The molecule has 2 aliphatic rings. The minimum absolute atomic E-state index is 0.111. The molecule has 0 radical (unpaired) electrons. The third-order valence-electron chi connectivity index (χ3n) is 9.13. The van der Waals surface area contributed by atoms with E-state index in [9.17, 15) is 19.2 Å². The fourth-order valence-corrected chi connectivity index (χ4v) is 6.29. The van der Waals surface area contributed by atoms with Crippen LogP contribution >= 0.6 is 0 Å². The number of ether oxygens (including phenoxy) is 1. The van der Waals surface area contributed by atoms with Gasteiger partial charge in [-0.2, -0.15) is 0 Å². The summed E-state index contributed by atoms with van der Waals surface area (Å²) in [5.74, 6) is -1.97. The monoisotopic (exact) mass is 682 g/mol. The Morgan fingerprint density at radius 2 is 1.62 bits per heavy atom. The Morgan fingerprint density at radius 3 is 2.32 bits per heavy atom. The van der Waals surface area contributed by atoms with E-state index in [2.05, 4.69) is 55.8 Å². The number of nitrogens with one attached hydrogen (secondary N) is 5. The number of amides is 4. The maximum Gasteiger partial charge on any atom is 0.270 e. The summed E-state index contributed by atoms with van der Waals surface area (Å²) in [5.41, 5.74) is 3.14. The summed E-state index contributed by atoms with van der Waals surface area (Å²) in [5, 5.41) is 15.3. The van der Waals surface area contributed by atoms with E-state index in [0.717, 1.165) is 24.8 Å². The minimum atomic E-state index is -1.24. The molecule has 11 heteroatoms. The van der Waals surface area contributed by atoms with E-state index < -0.39 is 35.3 Å². The Hall–Kier alpha value is -4.61. The normalized spacial score (nSPS) is 17.6. The molecule has 0 bridgehead atoms. The van der Waals surface area contributed by atoms with Crippen LogP contribution in [0, 0.1) is 5.41 Å². The Bertz CT molecular complexity index is 1610. The van der Waals surface area contributed by atoms with Gasteiger partial charge in [0, 0.05) is 25.3 Å². The van der Waals surface area contributed by atoms with Crippen LogP contribution < -0.4 is 26.6 Å². The standard InChI is InChI=1S/C39H50N6O5/c1-38(2,3)23-41-34(46)22-33(44-36(48)31-17-9-10-21-40-31)37(49)43-32(20-19-27-12-5-4-6-13-27)35(47)42-24-39(25-50-26-39)45-30-18-11-15-28-14-7-8-16-29(28)30/h4-10,12-14,16-17,21,30,32-33,45H,11,15,18-20,22-26H2,1-3H3,(H,41,46)(H,42,47)(H,43,49)(H,44,48)/t30-,32?,33?/m1/s1. The zero-order valence-electron chi connectivity index (χ0n) is 29.3. The highest BCUT2D eigenvalue weighted by Gasteiger charge is 2.42. The third kappa shape index (κ3) is 10.4. The summed E-state index contributed by atoms with van der Waals surface area (Å²) < 4.78 is 5.65. The van der Waals surface area contributed by atoms with Crippen molar-refractivity contribution in [2.75, 3.05) is 26.3 Å².